The molecule has 0 aromatic carbocycles. The maximum atomic E-state index is 10.9. The quantitative estimate of drug-likeness (QED) is 0.816. The molecular formula is C11H13N5O3. The second-order valence-electron chi connectivity index (χ2n) is 3.75. The normalized spacial score (nSPS) is 10.4. The van der Waals surface area contributed by atoms with Gasteiger partial charge in [0, 0.05) is 6.07 Å². The Labute approximate surface area is 108 Å². The SMILES string of the molecule is CCCOc1cc(-n2cc(N)c(C(=O)O)n2)ncn1. The first-order valence-corrected chi connectivity index (χ1v) is 5.65. The molecule has 2 aromatic rings. The van der Waals surface area contributed by atoms with Crippen LogP contribution in [0.2, 0.25) is 0 Å². The van der Waals surface area contributed by atoms with Crippen LogP contribution in [0.1, 0.15) is 23.8 Å². The minimum absolute atomic E-state index is 0.0714. The van der Waals surface area contributed by atoms with E-state index in [1.165, 1.54) is 17.2 Å². The fourth-order valence-electron chi connectivity index (χ4n) is 1.41. The molecule has 2 aromatic heterocycles. The Bertz CT molecular complexity index is 596. The number of rotatable bonds is 5. The number of carbonyl (C=O) groups is 1. The molecule has 0 unspecified atom stereocenters. The third-order valence-electron chi connectivity index (χ3n) is 2.26. The number of aromatic nitrogens is 4. The first-order valence-electron chi connectivity index (χ1n) is 5.65. The smallest absolute Gasteiger partial charge is 0.358 e. The Hall–Kier alpha value is -2.64. The van der Waals surface area contributed by atoms with E-state index in [1.807, 2.05) is 6.92 Å². The van der Waals surface area contributed by atoms with Crippen molar-refractivity contribution in [3.05, 3.63) is 24.3 Å². The maximum absolute atomic E-state index is 10.9. The lowest BCUT2D eigenvalue weighted by atomic mass is 10.4. The topological polar surface area (TPSA) is 116 Å². The molecule has 8 heteroatoms. The van der Waals surface area contributed by atoms with Crippen LogP contribution in [0, 0.1) is 0 Å². The van der Waals surface area contributed by atoms with Crippen molar-refractivity contribution in [3.63, 3.8) is 0 Å². The first-order chi connectivity index (χ1) is 9.11. The standard InChI is InChI=1S/C11H13N5O3/c1-2-3-19-9-4-8(13-6-14-9)16-5-7(12)10(15-16)11(17)18/h4-6H,2-3,12H2,1H3,(H,17,18). The number of hydrogen-bond acceptors (Lipinski definition) is 6. The van der Waals surface area contributed by atoms with Crippen LogP contribution in [-0.4, -0.2) is 37.4 Å². The zero-order chi connectivity index (χ0) is 13.8. The highest BCUT2D eigenvalue weighted by atomic mass is 16.5. The summed E-state index contributed by atoms with van der Waals surface area (Å²) in [5.41, 5.74) is 5.42. The highest BCUT2D eigenvalue weighted by Crippen LogP contribution is 2.15. The molecule has 0 radical (unpaired) electrons. The molecule has 2 rings (SSSR count). The summed E-state index contributed by atoms with van der Waals surface area (Å²) in [5, 5.41) is 12.7. The van der Waals surface area contributed by atoms with Crippen molar-refractivity contribution in [2.75, 3.05) is 12.3 Å². The lowest BCUT2D eigenvalue weighted by molar-refractivity contribution is 0.0691. The number of carboxylic acids is 1. The Kier molecular flexibility index (Phi) is 3.60. The Morgan fingerprint density at radius 2 is 2.32 bits per heavy atom. The molecule has 0 bridgehead atoms. The van der Waals surface area contributed by atoms with Crippen LogP contribution >= 0.6 is 0 Å². The van der Waals surface area contributed by atoms with Crippen molar-refractivity contribution in [2.45, 2.75) is 13.3 Å². The molecule has 8 nitrogen and oxygen atoms in total. The molecule has 0 aliphatic heterocycles. The van der Waals surface area contributed by atoms with Gasteiger partial charge in [-0.25, -0.2) is 19.4 Å². The van der Waals surface area contributed by atoms with Crippen LogP contribution in [0.4, 0.5) is 5.69 Å². The van der Waals surface area contributed by atoms with E-state index in [1.54, 1.807) is 6.07 Å². The lowest BCUT2D eigenvalue weighted by Gasteiger charge is -2.04. The van der Waals surface area contributed by atoms with E-state index in [2.05, 4.69) is 15.1 Å². The number of nitrogens with zero attached hydrogens (tertiary/aromatic N) is 4. The van der Waals surface area contributed by atoms with Crippen molar-refractivity contribution in [3.8, 4) is 11.7 Å². The predicted molar refractivity (Wildman–Crippen MR) is 66.3 cm³/mol. The summed E-state index contributed by atoms with van der Waals surface area (Å²) >= 11 is 0. The molecule has 100 valence electrons. The second-order valence-corrected chi connectivity index (χ2v) is 3.75. The average Bonchev–Trinajstić information content (AvgIpc) is 2.79. The molecule has 2 heterocycles. The molecule has 0 fully saturated rings. The van der Waals surface area contributed by atoms with E-state index in [9.17, 15) is 4.79 Å². The molecule has 0 saturated carbocycles. The van der Waals surface area contributed by atoms with Crippen molar-refractivity contribution >= 4 is 11.7 Å². The lowest BCUT2D eigenvalue weighted by Crippen LogP contribution is -2.05. The van der Waals surface area contributed by atoms with Gasteiger partial charge in [0.1, 0.15) is 6.33 Å². The van der Waals surface area contributed by atoms with Gasteiger partial charge in [0.05, 0.1) is 18.5 Å². The molecule has 3 N–H and O–H groups in total. The maximum Gasteiger partial charge on any atom is 0.358 e. The van der Waals surface area contributed by atoms with Crippen LogP contribution < -0.4 is 10.5 Å². The number of ether oxygens (including phenoxy) is 1. The van der Waals surface area contributed by atoms with Crippen molar-refractivity contribution in [1.82, 2.24) is 19.7 Å². The predicted octanol–water partition coefficient (Wildman–Crippen LogP) is 0.731. The third-order valence-corrected chi connectivity index (χ3v) is 2.26. The minimum Gasteiger partial charge on any atom is -0.478 e. The van der Waals surface area contributed by atoms with Gasteiger partial charge in [0.15, 0.2) is 11.5 Å². The summed E-state index contributed by atoms with van der Waals surface area (Å²) in [5.74, 6) is -0.397. The average molecular weight is 263 g/mol. The Morgan fingerprint density at radius 3 is 2.95 bits per heavy atom. The number of hydrogen-bond donors (Lipinski definition) is 2. The molecule has 0 amide bonds. The molecule has 0 saturated heterocycles. The molecule has 0 spiro atoms. The van der Waals surface area contributed by atoms with Gasteiger partial charge in [-0.2, -0.15) is 5.10 Å². The summed E-state index contributed by atoms with van der Waals surface area (Å²) in [6, 6.07) is 1.56. The van der Waals surface area contributed by atoms with Gasteiger partial charge in [0.2, 0.25) is 5.88 Å². The Balaban J connectivity index is 2.31. The van der Waals surface area contributed by atoms with Crippen LogP contribution in [0.3, 0.4) is 0 Å². The number of nitrogens with two attached hydrogens (primary N) is 1. The van der Waals surface area contributed by atoms with Crippen molar-refractivity contribution < 1.29 is 14.6 Å². The molecule has 0 aliphatic carbocycles. The van der Waals surface area contributed by atoms with Crippen LogP contribution in [0.25, 0.3) is 5.82 Å². The molecular weight excluding hydrogens is 250 g/mol. The van der Waals surface area contributed by atoms with E-state index in [0.717, 1.165) is 6.42 Å². The van der Waals surface area contributed by atoms with Gasteiger partial charge in [-0.1, -0.05) is 6.92 Å². The van der Waals surface area contributed by atoms with Crippen LogP contribution in [0.5, 0.6) is 5.88 Å². The number of carboxylic acid groups (broad SMARTS) is 1. The van der Waals surface area contributed by atoms with Gasteiger partial charge in [-0.3, -0.25) is 0 Å². The zero-order valence-corrected chi connectivity index (χ0v) is 10.3. The van der Waals surface area contributed by atoms with Crippen molar-refractivity contribution in [2.24, 2.45) is 0 Å². The van der Waals surface area contributed by atoms with E-state index in [-0.39, 0.29) is 11.4 Å². The first kappa shape index (κ1) is 12.8. The van der Waals surface area contributed by atoms with Crippen LogP contribution in [0.15, 0.2) is 18.6 Å². The third kappa shape index (κ3) is 2.79. The summed E-state index contributed by atoms with van der Waals surface area (Å²) in [4.78, 5) is 18.8. The van der Waals surface area contributed by atoms with Crippen molar-refractivity contribution in [1.29, 1.82) is 0 Å². The van der Waals surface area contributed by atoms with Gasteiger partial charge in [0.25, 0.3) is 0 Å². The van der Waals surface area contributed by atoms with E-state index in [4.69, 9.17) is 15.6 Å². The highest BCUT2D eigenvalue weighted by molar-refractivity contribution is 5.91. The largest absolute Gasteiger partial charge is 0.478 e. The van der Waals surface area contributed by atoms with Gasteiger partial charge in [-0.15, -0.1) is 0 Å². The fourth-order valence-corrected chi connectivity index (χ4v) is 1.41. The van der Waals surface area contributed by atoms with E-state index in [0.29, 0.717) is 18.3 Å². The number of nitrogen functional groups attached to an aromatic ring is 1. The molecule has 19 heavy (non-hydrogen) atoms. The summed E-state index contributed by atoms with van der Waals surface area (Å²) in [7, 11) is 0. The van der Waals surface area contributed by atoms with E-state index >= 15 is 0 Å². The fraction of sp³-hybridized carbons (Fsp3) is 0.273. The molecule has 0 atom stereocenters. The molecule has 0 aliphatic rings. The Morgan fingerprint density at radius 1 is 1.53 bits per heavy atom. The van der Waals surface area contributed by atoms with Gasteiger partial charge in [-0.05, 0) is 6.42 Å². The number of aromatic carboxylic acids is 1. The van der Waals surface area contributed by atoms with Crippen LogP contribution in [-0.2, 0) is 0 Å². The minimum atomic E-state index is -1.19. The summed E-state index contributed by atoms with van der Waals surface area (Å²) in [6.45, 7) is 2.52. The van der Waals surface area contributed by atoms with E-state index < -0.39 is 5.97 Å². The van der Waals surface area contributed by atoms with Gasteiger partial charge < -0.3 is 15.6 Å². The summed E-state index contributed by atoms with van der Waals surface area (Å²) < 4.78 is 6.64. The second kappa shape index (κ2) is 5.34. The number of anilines is 1. The van der Waals surface area contributed by atoms with Gasteiger partial charge >= 0.3 is 5.97 Å². The highest BCUT2D eigenvalue weighted by Gasteiger charge is 2.14. The monoisotopic (exact) mass is 263 g/mol. The zero-order valence-electron chi connectivity index (χ0n) is 10.3. The summed E-state index contributed by atoms with van der Waals surface area (Å²) in [6.07, 6.45) is 3.56.